The molecular weight excluding hydrogens is 412 g/mol. The van der Waals surface area contributed by atoms with Gasteiger partial charge >= 0.3 is 0 Å². The average molecular weight is 441 g/mol. The number of carbonyl (C=O) groups is 2. The highest BCUT2D eigenvalue weighted by Gasteiger charge is 2.51. The molecular formula is C25H28O3S2. The number of hydrogen-bond donors (Lipinski definition) is 0. The summed E-state index contributed by atoms with van der Waals surface area (Å²) in [6, 6.07) is 17.3. The third-order valence-corrected chi connectivity index (χ3v) is 7.55. The van der Waals surface area contributed by atoms with Gasteiger partial charge in [0.2, 0.25) is 5.78 Å². The third kappa shape index (κ3) is 4.43. The molecule has 0 saturated heterocycles. The summed E-state index contributed by atoms with van der Waals surface area (Å²) in [6.45, 7) is 4.59. The Bertz CT molecular complexity index is 944. The quantitative estimate of drug-likeness (QED) is 0.359. The zero-order valence-corrected chi connectivity index (χ0v) is 19.6. The fourth-order valence-electron chi connectivity index (χ4n) is 3.80. The lowest BCUT2D eigenvalue weighted by molar-refractivity contribution is -0.146. The van der Waals surface area contributed by atoms with Crippen molar-refractivity contribution in [2.45, 2.75) is 38.9 Å². The number of ether oxygens (including phenoxy) is 1. The number of ketones is 2. The van der Waals surface area contributed by atoms with Crippen LogP contribution in [-0.4, -0.2) is 24.1 Å². The van der Waals surface area contributed by atoms with Crippen molar-refractivity contribution in [3.05, 3.63) is 81.1 Å². The highest BCUT2D eigenvalue weighted by molar-refractivity contribution is 8.21. The van der Waals surface area contributed by atoms with Gasteiger partial charge < -0.3 is 4.74 Å². The molecule has 0 aromatic heterocycles. The largest absolute Gasteiger partial charge is 0.357 e. The number of carbonyl (C=O) groups excluding carboxylic acids is 2. The Balaban J connectivity index is 2.18. The fourth-order valence-corrected chi connectivity index (χ4v) is 5.25. The Morgan fingerprint density at radius 1 is 0.967 bits per heavy atom. The summed E-state index contributed by atoms with van der Waals surface area (Å²) in [6.07, 6.45) is 5.17. The van der Waals surface area contributed by atoms with Crippen molar-refractivity contribution in [3.63, 3.8) is 0 Å². The van der Waals surface area contributed by atoms with Crippen molar-refractivity contribution >= 4 is 35.1 Å². The van der Waals surface area contributed by atoms with Gasteiger partial charge in [0.25, 0.3) is 0 Å². The average Bonchev–Trinajstić information content (AvgIpc) is 2.77. The smallest absolute Gasteiger partial charge is 0.204 e. The Labute approximate surface area is 187 Å². The maximum Gasteiger partial charge on any atom is 0.204 e. The molecule has 0 spiro atoms. The molecule has 1 unspecified atom stereocenters. The molecule has 0 heterocycles. The Morgan fingerprint density at radius 2 is 1.60 bits per heavy atom. The minimum absolute atomic E-state index is 0.196. The minimum Gasteiger partial charge on any atom is -0.357 e. The number of thioether (sulfide) groups is 2. The molecule has 30 heavy (non-hydrogen) atoms. The second kappa shape index (κ2) is 9.99. The van der Waals surface area contributed by atoms with E-state index >= 15 is 0 Å². The normalized spacial score (nSPS) is 18.6. The molecule has 0 bridgehead atoms. The molecule has 2 aromatic rings. The van der Waals surface area contributed by atoms with Gasteiger partial charge in [-0.1, -0.05) is 68.4 Å². The SMILES string of the molecule is CSC(SC)=C1C(=O)c2ccccc2C(CCC(C)C)(OCc2ccccc2)C1=O. The Morgan fingerprint density at radius 3 is 2.23 bits per heavy atom. The summed E-state index contributed by atoms with van der Waals surface area (Å²) in [5.41, 5.74) is 1.39. The molecule has 1 aliphatic rings. The predicted molar refractivity (Wildman–Crippen MR) is 127 cm³/mol. The van der Waals surface area contributed by atoms with E-state index in [1.807, 2.05) is 67.1 Å². The van der Waals surface area contributed by atoms with Crippen LogP contribution in [0.1, 0.15) is 48.2 Å². The van der Waals surface area contributed by atoms with E-state index in [2.05, 4.69) is 13.8 Å². The van der Waals surface area contributed by atoms with Gasteiger partial charge in [-0.2, -0.15) is 0 Å². The maximum atomic E-state index is 14.0. The Kier molecular flexibility index (Phi) is 7.61. The first kappa shape index (κ1) is 22.9. The van der Waals surface area contributed by atoms with Crippen LogP contribution >= 0.6 is 23.5 Å². The number of fused-ring (bicyclic) bond motifs is 1. The van der Waals surface area contributed by atoms with E-state index < -0.39 is 5.60 Å². The highest BCUT2D eigenvalue weighted by atomic mass is 32.2. The summed E-state index contributed by atoms with van der Waals surface area (Å²) >= 11 is 2.89. The third-order valence-electron chi connectivity index (χ3n) is 5.40. The minimum atomic E-state index is -1.16. The van der Waals surface area contributed by atoms with Gasteiger partial charge in [-0.05, 0) is 36.8 Å². The summed E-state index contributed by atoms with van der Waals surface area (Å²) in [5.74, 6) is 0.00653. The predicted octanol–water partition coefficient (Wildman–Crippen LogP) is 6.24. The zero-order chi connectivity index (χ0) is 21.7. The monoisotopic (exact) mass is 440 g/mol. The molecule has 0 aliphatic heterocycles. The van der Waals surface area contributed by atoms with Gasteiger partial charge in [0.05, 0.1) is 16.4 Å². The van der Waals surface area contributed by atoms with Gasteiger partial charge in [0.1, 0.15) is 0 Å². The molecule has 158 valence electrons. The number of hydrogen-bond acceptors (Lipinski definition) is 5. The summed E-state index contributed by atoms with van der Waals surface area (Å²) in [4.78, 5) is 27.3. The topological polar surface area (TPSA) is 43.4 Å². The van der Waals surface area contributed by atoms with Crippen LogP contribution in [0.5, 0.6) is 0 Å². The molecule has 1 aliphatic carbocycles. The first-order valence-corrected chi connectivity index (χ1v) is 12.6. The van der Waals surface area contributed by atoms with Crippen molar-refractivity contribution < 1.29 is 14.3 Å². The van der Waals surface area contributed by atoms with Crippen molar-refractivity contribution in [1.82, 2.24) is 0 Å². The number of Topliss-reactive ketones (excluding diaryl/α,β-unsaturated/α-hetero) is 2. The molecule has 3 rings (SSSR count). The van der Waals surface area contributed by atoms with E-state index in [4.69, 9.17) is 4.74 Å². The van der Waals surface area contributed by atoms with Crippen molar-refractivity contribution in [2.75, 3.05) is 12.5 Å². The van der Waals surface area contributed by atoms with E-state index in [1.165, 1.54) is 23.5 Å². The van der Waals surface area contributed by atoms with Gasteiger partial charge in [-0.3, -0.25) is 9.59 Å². The van der Waals surface area contributed by atoms with Crippen LogP contribution in [0.25, 0.3) is 0 Å². The first-order chi connectivity index (χ1) is 14.4. The molecule has 0 saturated carbocycles. The number of rotatable bonds is 8. The molecule has 3 nitrogen and oxygen atoms in total. The molecule has 0 fully saturated rings. The molecule has 0 radical (unpaired) electrons. The Hall–Kier alpha value is -1.82. The lowest BCUT2D eigenvalue weighted by Gasteiger charge is -2.39. The van der Waals surface area contributed by atoms with Gasteiger partial charge in [-0.25, -0.2) is 0 Å². The van der Waals surface area contributed by atoms with Gasteiger partial charge in [0.15, 0.2) is 11.4 Å². The van der Waals surface area contributed by atoms with Crippen LogP contribution in [0.2, 0.25) is 0 Å². The first-order valence-electron chi connectivity index (χ1n) is 10.1. The van der Waals surface area contributed by atoms with E-state index in [-0.39, 0.29) is 17.1 Å². The second-order valence-electron chi connectivity index (χ2n) is 7.81. The molecule has 0 N–H and O–H groups in total. The van der Waals surface area contributed by atoms with Crippen molar-refractivity contribution in [1.29, 1.82) is 0 Å². The lowest BCUT2D eigenvalue weighted by atomic mass is 9.72. The van der Waals surface area contributed by atoms with E-state index in [1.54, 1.807) is 0 Å². The summed E-state index contributed by atoms with van der Waals surface area (Å²) < 4.78 is 7.26. The molecule has 2 aromatic carbocycles. The number of benzene rings is 2. The molecule has 5 heteroatoms. The zero-order valence-electron chi connectivity index (χ0n) is 17.9. The van der Waals surface area contributed by atoms with Gasteiger partial charge in [-0.15, -0.1) is 23.5 Å². The van der Waals surface area contributed by atoms with Crippen molar-refractivity contribution in [2.24, 2.45) is 5.92 Å². The second-order valence-corrected chi connectivity index (χ2v) is 9.70. The van der Waals surface area contributed by atoms with E-state index in [0.29, 0.717) is 30.1 Å². The van der Waals surface area contributed by atoms with Crippen molar-refractivity contribution in [3.8, 4) is 0 Å². The van der Waals surface area contributed by atoms with Crippen LogP contribution in [0, 0.1) is 5.92 Å². The van der Waals surface area contributed by atoms with Gasteiger partial charge in [0, 0.05) is 11.1 Å². The summed E-state index contributed by atoms with van der Waals surface area (Å²) in [5, 5.41) is 0. The molecule has 0 amide bonds. The molecule has 1 atom stereocenters. The van der Waals surface area contributed by atoms with Crippen LogP contribution in [0.3, 0.4) is 0 Å². The van der Waals surface area contributed by atoms with Crippen LogP contribution in [0.15, 0.2) is 64.4 Å². The van der Waals surface area contributed by atoms with E-state index in [9.17, 15) is 9.59 Å². The fraction of sp³-hybridized carbons (Fsp3) is 0.360. The van der Waals surface area contributed by atoms with Crippen LogP contribution < -0.4 is 0 Å². The standard InChI is InChI=1S/C25H28O3S2/c1-17(2)14-15-25(28-16-18-10-6-5-7-11-18)20-13-9-8-12-19(20)22(26)21(23(25)27)24(29-3)30-4/h5-13,17H,14-16H2,1-4H3. The lowest BCUT2D eigenvalue weighted by Crippen LogP contribution is -2.46. The summed E-state index contributed by atoms with van der Waals surface area (Å²) in [7, 11) is 0. The maximum absolute atomic E-state index is 14.0. The van der Waals surface area contributed by atoms with Crippen LogP contribution in [-0.2, 0) is 21.7 Å². The highest BCUT2D eigenvalue weighted by Crippen LogP contribution is 2.45. The van der Waals surface area contributed by atoms with E-state index in [0.717, 1.165) is 16.2 Å². The van der Waals surface area contributed by atoms with Crippen LogP contribution in [0.4, 0.5) is 0 Å².